The van der Waals surface area contributed by atoms with Crippen molar-refractivity contribution in [2.45, 2.75) is 40.5 Å². The summed E-state index contributed by atoms with van der Waals surface area (Å²) in [6.45, 7) is 7.88. The molecule has 0 aliphatic heterocycles. The van der Waals surface area contributed by atoms with Crippen molar-refractivity contribution in [2.75, 3.05) is 0 Å². The molecule has 0 radical (unpaired) electrons. The largest absolute Gasteiger partial charge is 0.339 e. The van der Waals surface area contributed by atoms with Crippen molar-refractivity contribution < 1.29 is 4.52 Å². The van der Waals surface area contributed by atoms with Crippen molar-refractivity contribution in [3.05, 3.63) is 32.6 Å². The predicted molar refractivity (Wildman–Crippen MR) is 78.0 cm³/mol. The van der Waals surface area contributed by atoms with Crippen LogP contribution in [-0.4, -0.2) is 10.1 Å². The number of benzene rings is 1. The Hall–Kier alpha value is -1.06. The molecule has 2 aromatic rings. The fourth-order valence-corrected chi connectivity index (χ4v) is 2.59. The van der Waals surface area contributed by atoms with Gasteiger partial charge in [-0.15, -0.1) is 0 Å². The summed E-state index contributed by atoms with van der Waals surface area (Å²) < 4.78 is 5.23. The van der Waals surface area contributed by atoms with Gasteiger partial charge in [0.25, 0.3) is 0 Å². The van der Waals surface area contributed by atoms with Crippen LogP contribution in [-0.2, 0) is 6.42 Å². The van der Waals surface area contributed by atoms with Crippen LogP contribution in [0, 0.1) is 20.8 Å². The lowest BCUT2D eigenvalue weighted by Crippen LogP contribution is -1.96. The minimum atomic E-state index is 0.558. The monoisotopic (exact) mass is 298 g/mol. The Balaban J connectivity index is 2.61. The van der Waals surface area contributed by atoms with Crippen molar-refractivity contribution in [1.29, 1.82) is 0 Å². The molecular formula is C14H16Cl2N2O. The maximum absolute atomic E-state index is 6.31. The molecule has 0 N–H and O–H groups in total. The zero-order chi connectivity index (χ0) is 14.2. The van der Waals surface area contributed by atoms with Gasteiger partial charge >= 0.3 is 0 Å². The first-order chi connectivity index (χ1) is 8.97. The van der Waals surface area contributed by atoms with E-state index in [1.54, 1.807) is 0 Å². The van der Waals surface area contributed by atoms with Crippen LogP contribution < -0.4 is 0 Å². The Morgan fingerprint density at radius 3 is 2.11 bits per heavy atom. The van der Waals surface area contributed by atoms with Crippen LogP contribution in [0.4, 0.5) is 0 Å². The number of aryl methyl sites for hydroxylation is 1. The Morgan fingerprint density at radius 2 is 1.58 bits per heavy atom. The zero-order valence-corrected chi connectivity index (χ0v) is 13.0. The fraction of sp³-hybridized carbons (Fsp3) is 0.429. The molecule has 0 aliphatic carbocycles. The smallest absolute Gasteiger partial charge is 0.226 e. The van der Waals surface area contributed by atoms with E-state index in [0.717, 1.165) is 35.1 Å². The van der Waals surface area contributed by atoms with Crippen molar-refractivity contribution in [2.24, 2.45) is 0 Å². The number of nitrogens with zero attached hydrogens (tertiary/aromatic N) is 2. The maximum Gasteiger partial charge on any atom is 0.226 e. The molecule has 0 spiro atoms. The van der Waals surface area contributed by atoms with Crippen molar-refractivity contribution >= 4 is 23.2 Å². The summed E-state index contributed by atoms with van der Waals surface area (Å²) in [5.41, 5.74) is 3.63. The number of hydrogen-bond donors (Lipinski definition) is 0. The zero-order valence-electron chi connectivity index (χ0n) is 11.5. The van der Waals surface area contributed by atoms with E-state index in [2.05, 4.69) is 17.1 Å². The van der Waals surface area contributed by atoms with Gasteiger partial charge in [-0.05, 0) is 43.9 Å². The van der Waals surface area contributed by atoms with Crippen molar-refractivity contribution in [3.63, 3.8) is 0 Å². The Bertz CT molecular complexity index is 591. The molecule has 3 nitrogen and oxygen atoms in total. The molecule has 0 unspecified atom stereocenters. The van der Waals surface area contributed by atoms with Crippen molar-refractivity contribution in [1.82, 2.24) is 10.1 Å². The first-order valence-corrected chi connectivity index (χ1v) is 7.00. The van der Waals surface area contributed by atoms with E-state index in [1.807, 2.05) is 20.8 Å². The first kappa shape index (κ1) is 14.4. The summed E-state index contributed by atoms with van der Waals surface area (Å²) in [6, 6.07) is 0. The maximum atomic E-state index is 6.31. The normalized spacial score (nSPS) is 11.1. The van der Waals surface area contributed by atoms with E-state index >= 15 is 0 Å². The van der Waals surface area contributed by atoms with Gasteiger partial charge in [0.15, 0.2) is 0 Å². The fourth-order valence-electron chi connectivity index (χ4n) is 2.17. The number of aromatic nitrogens is 2. The summed E-state index contributed by atoms with van der Waals surface area (Å²) in [5.74, 6) is 1.20. The summed E-state index contributed by atoms with van der Waals surface area (Å²) in [6.07, 6.45) is 1.74. The quantitative estimate of drug-likeness (QED) is 0.807. The number of hydrogen-bond acceptors (Lipinski definition) is 3. The average Bonchev–Trinajstić information content (AvgIpc) is 2.83. The highest BCUT2D eigenvalue weighted by Gasteiger charge is 2.19. The van der Waals surface area contributed by atoms with Crippen LogP contribution in [0.15, 0.2) is 4.52 Å². The first-order valence-electron chi connectivity index (χ1n) is 6.25. The molecule has 2 rings (SSSR count). The Labute approximate surface area is 122 Å². The third kappa shape index (κ3) is 2.49. The van der Waals surface area contributed by atoms with Crippen LogP contribution in [0.1, 0.15) is 35.9 Å². The summed E-state index contributed by atoms with van der Waals surface area (Å²) in [5, 5.41) is 5.35. The van der Waals surface area contributed by atoms with Gasteiger partial charge in [-0.3, -0.25) is 0 Å². The third-order valence-electron chi connectivity index (χ3n) is 3.22. The Morgan fingerprint density at radius 1 is 1.00 bits per heavy atom. The molecule has 0 aliphatic rings. The van der Waals surface area contributed by atoms with Crippen LogP contribution in [0.3, 0.4) is 0 Å². The molecule has 0 atom stereocenters. The van der Waals surface area contributed by atoms with Gasteiger partial charge in [-0.1, -0.05) is 35.3 Å². The van der Waals surface area contributed by atoms with E-state index in [9.17, 15) is 0 Å². The second kappa shape index (κ2) is 5.51. The van der Waals surface area contributed by atoms with Crippen molar-refractivity contribution in [3.8, 4) is 11.4 Å². The lowest BCUT2D eigenvalue weighted by Gasteiger charge is -2.13. The summed E-state index contributed by atoms with van der Waals surface area (Å²) in [4.78, 5) is 4.41. The van der Waals surface area contributed by atoms with Gasteiger partial charge in [-0.2, -0.15) is 4.98 Å². The molecule has 19 heavy (non-hydrogen) atoms. The van der Waals surface area contributed by atoms with Crippen LogP contribution in [0.5, 0.6) is 0 Å². The summed E-state index contributed by atoms with van der Waals surface area (Å²) in [7, 11) is 0. The lowest BCUT2D eigenvalue weighted by molar-refractivity contribution is 0.378. The number of rotatable bonds is 3. The molecule has 0 saturated carbocycles. The van der Waals surface area contributed by atoms with Crippen LogP contribution >= 0.6 is 23.2 Å². The highest BCUT2D eigenvalue weighted by Crippen LogP contribution is 2.38. The van der Waals surface area contributed by atoms with Gasteiger partial charge < -0.3 is 4.52 Å². The summed E-state index contributed by atoms with van der Waals surface area (Å²) >= 11 is 12.6. The lowest BCUT2D eigenvalue weighted by atomic mass is 9.99. The minimum Gasteiger partial charge on any atom is -0.339 e. The van der Waals surface area contributed by atoms with Gasteiger partial charge in [0, 0.05) is 22.0 Å². The van der Waals surface area contributed by atoms with Crippen LogP contribution in [0.25, 0.3) is 11.4 Å². The second-order valence-electron chi connectivity index (χ2n) is 4.64. The molecule has 0 saturated heterocycles. The third-order valence-corrected chi connectivity index (χ3v) is 4.36. The molecule has 1 aromatic heterocycles. The Kier molecular flexibility index (Phi) is 4.16. The van der Waals surface area contributed by atoms with Gasteiger partial charge in [0.2, 0.25) is 11.7 Å². The number of halogens is 2. The molecule has 0 bridgehead atoms. The molecule has 5 heteroatoms. The molecule has 1 aromatic carbocycles. The van der Waals surface area contributed by atoms with Gasteiger partial charge in [-0.25, -0.2) is 0 Å². The molecule has 1 heterocycles. The highest BCUT2D eigenvalue weighted by molar-refractivity contribution is 6.37. The standard InChI is InChI=1S/C14H16Cl2N2O/c1-5-6-10-17-14(18-19-10)11-7(2)12(15)9(4)13(16)8(11)3/h5-6H2,1-4H3. The second-order valence-corrected chi connectivity index (χ2v) is 5.40. The average molecular weight is 299 g/mol. The molecule has 0 amide bonds. The van der Waals surface area contributed by atoms with Gasteiger partial charge in [0.05, 0.1) is 0 Å². The predicted octanol–water partition coefficient (Wildman–Crippen LogP) is 4.92. The topological polar surface area (TPSA) is 38.9 Å². The van der Waals surface area contributed by atoms with E-state index in [1.165, 1.54) is 0 Å². The molecular weight excluding hydrogens is 283 g/mol. The minimum absolute atomic E-state index is 0.558. The molecule has 102 valence electrons. The van der Waals surface area contributed by atoms with E-state index in [0.29, 0.717) is 21.8 Å². The van der Waals surface area contributed by atoms with E-state index < -0.39 is 0 Å². The van der Waals surface area contributed by atoms with E-state index in [4.69, 9.17) is 27.7 Å². The highest BCUT2D eigenvalue weighted by atomic mass is 35.5. The van der Waals surface area contributed by atoms with Gasteiger partial charge in [0.1, 0.15) is 0 Å². The SMILES string of the molecule is CCCc1nc(-c2c(C)c(Cl)c(C)c(Cl)c2C)no1. The van der Waals surface area contributed by atoms with Crippen LogP contribution in [0.2, 0.25) is 10.0 Å². The van der Waals surface area contributed by atoms with E-state index in [-0.39, 0.29) is 0 Å². The molecule has 0 fully saturated rings.